The zero-order chi connectivity index (χ0) is 13.5. The second-order valence-corrected chi connectivity index (χ2v) is 3.48. The Labute approximate surface area is 103 Å². The molecule has 1 rings (SSSR count). The maximum absolute atomic E-state index is 11.6. The molecule has 1 aromatic rings. The topological polar surface area (TPSA) is 122 Å². The molecule has 0 heterocycles. The fraction of sp³-hybridized carbons (Fsp3) is 0.182. The van der Waals surface area contributed by atoms with E-state index in [1.807, 2.05) is 0 Å². The van der Waals surface area contributed by atoms with E-state index in [0.717, 1.165) is 0 Å². The van der Waals surface area contributed by atoms with Crippen molar-refractivity contribution in [3.63, 3.8) is 0 Å². The minimum atomic E-state index is -1.08. The molecule has 7 heteroatoms. The average Bonchev–Trinajstić information content (AvgIpc) is 2.34. The number of nitrogens with one attached hydrogen (secondary N) is 2. The van der Waals surface area contributed by atoms with Crippen molar-refractivity contribution < 1.29 is 19.5 Å². The summed E-state index contributed by atoms with van der Waals surface area (Å²) in [4.78, 5) is 33.0. The third-order valence-corrected chi connectivity index (χ3v) is 2.09. The van der Waals surface area contributed by atoms with Gasteiger partial charge in [0.05, 0.1) is 12.0 Å². The van der Waals surface area contributed by atoms with Crippen LogP contribution in [0.2, 0.25) is 0 Å². The van der Waals surface area contributed by atoms with Crippen LogP contribution in [0.25, 0.3) is 0 Å². The fourth-order valence-electron chi connectivity index (χ4n) is 1.18. The summed E-state index contributed by atoms with van der Waals surface area (Å²) in [6.45, 7) is 0. The van der Waals surface area contributed by atoms with Crippen molar-refractivity contribution in [1.82, 2.24) is 10.9 Å². The Morgan fingerprint density at radius 1 is 1.11 bits per heavy atom. The maximum Gasteiger partial charge on any atom is 0.303 e. The van der Waals surface area contributed by atoms with Crippen LogP contribution in [0.4, 0.5) is 5.69 Å². The second-order valence-electron chi connectivity index (χ2n) is 3.48. The van der Waals surface area contributed by atoms with Crippen molar-refractivity contribution in [2.45, 2.75) is 12.8 Å². The lowest BCUT2D eigenvalue weighted by Crippen LogP contribution is -2.41. The Morgan fingerprint density at radius 3 is 2.39 bits per heavy atom. The smallest absolute Gasteiger partial charge is 0.303 e. The molecule has 0 aliphatic heterocycles. The van der Waals surface area contributed by atoms with Gasteiger partial charge >= 0.3 is 5.97 Å². The van der Waals surface area contributed by atoms with Gasteiger partial charge in [-0.1, -0.05) is 12.1 Å². The van der Waals surface area contributed by atoms with Crippen LogP contribution >= 0.6 is 0 Å². The van der Waals surface area contributed by atoms with E-state index >= 15 is 0 Å². The molecular formula is C11H13N3O4. The molecule has 0 aromatic heterocycles. The molecule has 1 aromatic carbocycles. The van der Waals surface area contributed by atoms with E-state index in [9.17, 15) is 14.4 Å². The van der Waals surface area contributed by atoms with Crippen molar-refractivity contribution in [3.05, 3.63) is 29.8 Å². The molecular weight excluding hydrogens is 238 g/mol. The molecule has 7 nitrogen and oxygen atoms in total. The molecule has 0 bridgehead atoms. The van der Waals surface area contributed by atoms with Gasteiger partial charge in [0.1, 0.15) is 0 Å². The van der Waals surface area contributed by atoms with Crippen LogP contribution in [0, 0.1) is 0 Å². The summed E-state index contributed by atoms with van der Waals surface area (Å²) in [6.07, 6.45) is -0.505. The molecule has 0 saturated carbocycles. The van der Waals surface area contributed by atoms with Crippen LogP contribution < -0.4 is 16.6 Å². The normalized spacial score (nSPS) is 9.56. The van der Waals surface area contributed by atoms with Crippen LogP contribution in [0.5, 0.6) is 0 Å². The Morgan fingerprint density at radius 2 is 1.78 bits per heavy atom. The van der Waals surface area contributed by atoms with E-state index in [2.05, 4.69) is 10.9 Å². The predicted molar refractivity (Wildman–Crippen MR) is 63.3 cm³/mol. The first-order chi connectivity index (χ1) is 8.50. The Kier molecular flexibility index (Phi) is 4.67. The highest BCUT2D eigenvalue weighted by Crippen LogP contribution is 2.09. The van der Waals surface area contributed by atoms with E-state index in [1.54, 1.807) is 18.2 Å². The van der Waals surface area contributed by atoms with E-state index in [1.165, 1.54) is 6.07 Å². The summed E-state index contributed by atoms with van der Waals surface area (Å²) in [5, 5.41) is 8.37. The molecule has 0 aliphatic carbocycles. The Hall–Kier alpha value is -2.57. The molecule has 18 heavy (non-hydrogen) atoms. The summed E-state index contributed by atoms with van der Waals surface area (Å²) in [5.74, 6) is -2.22. The summed E-state index contributed by atoms with van der Waals surface area (Å²) < 4.78 is 0. The molecule has 0 fully saturated rings. The predicted octanol–water partition coefficient (Wildman–Crippen LogP) is -0.105. The average molecular weight is 251 g/mol. The van der Waals surface area contributed by atoms with Gasteiger partial charge in [0.25, 0.3) is 5.91 Å². The van der Waals surface area contributed by atoms with Gasteiger partial charge in [-0.15, -0.1) is 0 Å². The fourth-order valence-corrected chi connectivity index (χ4v) is 1.18. The number of aliphatic carboxylic acids is 1. The summed E-state index contributed by atoms with van der Waals surface area (Å²) >= 11 is 0. The highest BCUT2D eigenvalue weighted by Gasteiger charge is 2.10. The van der Waals surface area contributed by atoms with Crippen LogP contribution in [-0.4, -0.2) is 22.9 Å². The Balaban J connectivity index is 2.45. The number of hydrogen-bond acceptors (Lipinski definition) is 4. The number of carboxylic acids is 1. The summed E-state index contributed by atoms with van der Waals surface area (Å²) in [7, 11) is 0. The van der Waals surface area contributed by atoms with E-state index in [4.69, 9.17) is 10.8 Å². The van der Waals surface area contributed by atoms with Crippen molar-refractivity contribution >= 4 is 23.5 Å². The van der Waals surface area contributed by atoms with E-state index in [-0.39, 0.29) is 24.1 Å². The number of rotatable bonds is 4. The second kappa shape index (κ2) is 6.24. The zero-order valence-corrected chi connectivity index (χ0v) is 9.47. The maximum atomic E-state index is 11.6. The van der Waals surface area contributed by atoms with Crippen molar-refractivity contribution in [2.75, 3.05) is 5.73 Å². The third-order valence-electron chi connectivity index (χ3n) is 2.09. The van der Waals surface area contributed by atoms with Gasteiger partial charge in [-0.2, -0.15) is 0 Å². The molecule has 5 N–H and O–H groups in total. The van der Waals surface area contributed by atoms with Gasteiger partial charge in [-0.05, 0) is 12.1 Å². The van der Waals surface area contributed by atoms with Crippen LogP contribution in [0.15, 0.2) is 24.3 Å². The molecule has 0 spiro atoms. The SMILES string of the molecule is Nc1ccccc1C(=O)NNC(=O)CCC(=O)O. The molecule has 0 aliphatic rings. The van der Waals surface area contributed by atoms with Crippen molar-refractivity contribution in [3.8, 4) is 0 Å². The number of amides is 2. The quantitative estimate of drug-likeness (QED) is 0.439. The zero-order valence-electron chi connectivity index (χ0n) is 9.47. The highest BCUT2D eigenvalue weighted by atomic mass is 16.4. The van der Waals surface area contributed by atoms with Crippen LogP contribution in [-0.2, 0) is 9.59 Å². The number of carbonyl (C=O) groups excluding carboxylic acids is 2. The molecule has 0 saturated heterocycles. The lowest BCUT2D eigenvalue weighted by atomic mass is 10.2. The highest BCUT2D eigenvalue weighted by molar-refractivity contribution is 5.99. The first kappa shape index (κ1) is 13.5. The van der Waals surface area contributed by atoms with Crippen LogP contribution in [0.1, 0.15) is 23.2 Å². The van der Waals surface area contributed by atoms with Crippen molar-refractivity contribution in [1.29, 1.82) is 0 Å². The molecule has 0 radical (unpaired) electrons. The number of nitrogens with two attached hydrogens (primary N) is 1. The number of benzene rings is 1. The number of nitrogen functional groups attached to an aromatic ring is 1. The van der Waals surface area contributed by atoms with Crippen LogP contribution in [0.3, 0.4) is 0 Å². The monoisotopic (exact) mass is 251 g/mol. The standard InChI is InChI=1S/C11H13N3O4/c12-8-4-2-1-3-7(8)11(18)14-13-9(15)5-6-10(16)17/h1-4H,5-6,12H2,(H,13,15)(H,14,18)(H,16,17). The lowest BCUT2D eigenvalue weighted by molar-refractivity contribution is -0.138. The number of carboxylic acid groups (broad SMARTS) is 1. The van der Waals surface area contributed by atoms with Gasteiger partial charge in [0.15, 0.2) is 0 Å². The van der Waals surface area contributed by atoms with Gasteiger partial charge < -0.3 is 10.8 Å². The summed E-state index contributed by atoms with van der Waals surface area (Å²) in [6, 6.07) is 6.38. The number of hydrazine groups is 1. The van der Waals surface area contributed by atoms with Gasteiger partial charge in [0, 0.05) is 12.1 Å². The van der Waals surface area contributed by atoms with E-state index < -0.39 is 17.8 Å². The van der Waals surface area contributed by atoms with Gasteiger partial charge in [0.2, 0.25) is 5.91 Å². The third kappa shape index (κ3) is 4.12. The number of hydrogen-bond donors (Lipinski definition) is 4. The molecule has 0 unspecified atom stereocenters. The Bertz CT molecular complexity index is 473. The van der Waals surface area contributed by atoms with E-state index in [0.29, 0.717) is 0 Å². The number of carbonyl (C=O) groups is 3. The minimum Gasteiger partial charge on any atom is -0.481 e. The minimum absolute atomic E-state index is 0.208. The molecule has 96 valence electrons. The van der Waals surface area contributed by atoms with Gasteiger partial charge in [-0.25, -0.2) is 0 Å². The lowest BCUT2D eigenvalue weighted by Gasteiger charge is -2.08. The van der Waals surface area contributed by atoms with Gasteiger partial charge in [-0.3, -0.25) is 25.2 Å². The number of para-hydroxylation sites is 1. The molecule has 0 atom stereocenters. The largest absolute Gasteiger partial charge is 0.481 e. The first-order valence-electron chi connectivity index (χ1n) is 5.16. The molecule has 2 amide bonds. The summed E-state index contributed by atoms with van der Waals surface area (Å²) in [5.41, 5.74) is 10.4. The number of anilines is 1. The first-order valence-corrected chi connectivity index (χ1v) is 5.16. The van der Waals surface area contributed by atoms with Crippen molar-refractivity contribution in [2.24, 2.45) is 0 Å².